The van der Waals surface area contributed by atoms with Gasteiger partial charge in [0, 0.05) is 30.9 Å². The van der Waals surface area contributed by atoms with Gasteiger partial charge in [-0.05, 0) is 49.3 Å². The Balaban J connectivity index is 1.59. The molecule has 8 nitrogen and oxygen atoms in total. The average molecular weight is 486 g/mol. The largest absolute Gasteiger partial charge is 0.310 e. The predicted octanol–water partition coefficient (Wildman–Crippen LogP) is 3.54. The lowest BCUT2D eigenvalue weighted by molar-refractivity contribution is -0.119. The van der Waals surface area contributed by atoms with Crippen LogP contribution in [-0.4, -0.2) is 53.0 Å². The van der Waals surface area contributed by atoms with Crippen molar-refractivity contribution in [1.29, 1.82) is 0 Å². The molecular formula is C23H27N5O3S2. The van der Waals surface area contributed by atoms with Crippen molar-refractivity contribution in [3.8, 4) is 11.4 Å². The number of hydrogen-bond acceptors (Lipinski definition) is 5. The minimum atomic E-state index is -3.55. The van der Waals surface area contributed by atoms with Gasteiger partial charge in [0.15, 0.2) is 10.6 Å². The summed E-state index contributed by atoms with van der Waals surface area (Å²) in [4.78, 5) is 15.2. The van der Waals surface area contributed by atoms with E-state index in [9.17, 15) is 13.2 Å². The van der Waals surface area contributed by atoms with Crippen LogP contribution in [0.15, 0.2) is 47.4 Å². The smallest absolute Gasteiger partial charge is 0.247 e. The highest BCUT2D eigenvalue weighted by Gasteiger charge is 2.29. The molecule has 4 rings (SSSR count). The first-order valence-electron chi connectivity index (χ1n) is 10.9. The molecule has 33 heavy (non-hydrogen) atoms. The lowest BCUT2D eigenvalue weighted by Gasteiger charge is -2.20. The number of aromatic nitrogens is 3. The number of H-pyrrole nitrogens is 1. The molecule has 1 aliphatic heterocycles. The van der Waals surface area contributed by atoms with Crippen LogP contribution < -0.4 is 4.90 Å². The van der Waals surface area contributed by atoms with Gasteiger partial charge in [0.1, 0.15) is 6.54 Å². The highest BCUT2D eigenvalue weighted by Crippen LogP contribution is 2.31. The molecule has 10 heteroatoms. The normalized spacial score (nSPS) is 13.5. The Morgan fingerprint density at radius 1 is 1.15 bits per heavy atom. The van der Waals surface area contributed by atoms with Crippen molar-refractivity contribution in [1.82, 2.24) is 19.1 Å². The fourth-order valence-corrected chi connectivity index (χ4v) is 5.82. The first-order valence-corrected chi connectivity index (χ1v) is 12.8. The Bertz CT molecular complexity index is 1340. The zero-order valence-electron chi connectivity index (χ0n) is 18.9. The number of carbonyl (C=O) groups is 1. The van der Waals surface area contributed by atoms with Crippen molar-refractivity contribution in [2.45, 2.75) is 38.6 Å². The number of aromatic amines is 1. The summed E-state index contributed by atoms with van der Waals surface area (Å²) < 4.78 is 29.2. The third-order valence-electron chi connectivity index (χ3n) is 5.95. The highest BCUT2D eigenvalue weighted by atomic mass is 32.2. The second-order valence-electron chi connectivity index (χ2n) is 7.98. The van der Waals surface area contributed by atoms with E-state index < -0.39 is 10.0 Å². The third-order valence-corrected chi connectivity index (χ3v) is 8.31. The van der Waals surface area contributed by atoms with Gasteiger partial charge in [0.2, 0.25) is 15.9 Å². The van der Waals surface area contributed by atoms with Gasteiger partial charge >= 0.3 is 0 Å². The van der Waals surface area contributed by atoms with Crippen molar-refractivity contribution in [2.75, 3.05) is 24.5 Å². The van der Waals surface area contributed by atoms with Crippen LogP contribution in [0.4, 0.5) is 5.69 Å². The Hall–Kier alpha value is -2.82. The number of nitrogens with zero attached hydrogens (tertiary/aromatic N) is 4. The Morgan fingerprint density at radius 3 is 2.52 bits per heavy atom. The highest BCUT2D eigenvalue weighted by molar-refractivity contribution is 7.89. The number of rotatable bonds is 7. The molecule has 0 saturated carbocycles. The molecule has 2 aromatic carbocycles. The van der Waals surface area contributed by atoms with E-state index in [1.54, 1.807) is 27.7 Å². The zero-order chi connectivity index (χ0) is 23.8. The van der Waals surface area contributed by atoms with Gasteiger partial charge in [-0.3, -0.25) is 14.5 Å². The number of hydrogen-bond donors (Lipinski definition) is 1. The van der Waals surface area contributed by atoms with E-state index in [0.717, 1.165) is 22.4 Å². The van der Waals surface area contributed by atoms with E-state index in [4.69, 9.17) is 12.2 Å². The molecule has 2 heterocycles. The summed E-state index contributed by atoms with van der Waals surface area (Å²) in [5.74, 6) is 0.479. The molecule has 3 aromatic rings. The van der Waals surface area contributed by atoms with Gasteiger partial charge in [-0.15, -0.1) is 0 Å². The zero-order valence-corrected chi connectivity index (χ0v) is 20.5. The monoisotopic (exact) mass is 485 g/mol. The van der Waals surface area contributed by atoms with E-state index in [-0.39, 0.29) is 17.3 Å². The maximum atomic E-state index is 13.2. The van der Waals surface area contributed by atoms with Crippen LogP contribution in [0.25, 0.3) is 11.4 Å². The Kier molecular flexibility index (Phi) is 6.51. The standard InChI is InChI=1S/C23H27N5O3S2/c1-4-26(5-2)33(30,31)19-10-11-20-18(14-19)12-13-27(20)21(29)15-28-22(24-25-23(28)32)17-8-6-16(3)7-9-17/h6-11,14H,4-5,12-13,15H2,1-3H3,(H,25,32). The summed E-state index contributed by atoms with van der Waals surface area (Å²) in [6, 6.07) is 12.9. The Morgan fingerprint density at radius 2 is 1.85 bits per heavy atom. The molecule has 0 aliphatic carbocycles. The minimum absolute atomic E-state index is 0.0392. The summed E-state index contributed by atoms with van der Waals surface area (Å²) in [6.45, 7) is 7.00. The second-order valence-corrected chi connectivity index (χ2v) is 10.3. The van der Waals surface area contributed by atoms with Crippen LogP contribution in [0.2, 0.25) is 0 Å². The number of sulfonamides is 1. The van der Waals surface area contributed by atoms with Crippen molar-refractivity contribution >= 4 is 33.8 Å². The van der Waals surface area contributed by atoms with E-state index in [0.29, 0.717) is 36.7 Å². The summed E-state index contributed by atoms with van der Waals surface area (Å²) in [5, 5.41) is 7.10. The maximum Gasteiger partial charge on any atom is 0.247 e. The number of benzene rings is 2. The average Bonchev–Trinajstić information content (AvgIpc) is 3.38. The van der Waals surface area contributed by atoms with Crippen LogP contribution in [0.1, 0.15) is 25.0 Å². The summed E-state index contributed by atoms with van der Waals surface area (Å²) in [6.07, 6.45) is 0.601. The number of aryl methyl sites for hydroxylation is 1. The van der Waals surface area contributed by atoms with Crippen molar-refractivity contribution in [2.24, 2.45) is 0 Å². The van der Waals surface area contributed by atoms with Crippen LogP contribution in [0, 0.1) is 11.7 Å². The molecular weight excluding hydrogens is 458 g/mol. The minimum Gasteiger partial charge on any atom is -0.310 e. The summed E-state index contributed by atoms with van der Waals surface area (Å²) >= 11 is 5.38. The number of anilines is 1. The molecule has 1 amide bonds. The van der Waals surface area contributed by atoms with Gasteiger partial charge in [0.05, 0.1) is 4.90 Å². The van der Waals surface area contributed by atoms with Crippen LogP contribution in [-0.2, 0) is 27.8 Å². The van der Waals surface area contributed by atoms with E-state index in [1.165, 1.54) is 4.31 Å². The van der Waals surface area contributed by atoms with Crippen LogP contribution in [0.3, 0.4) is 0 Å². The second kappa shape index (κ2) is 9.20. The van der Waals surface area contributed by atoms with Gasteiger partial charge in [-0.2, -0.15) is 9.40 Å². The first-order chi connectivity index (χ1) is 15.8. The fourth-order valence-electron chi connectivity index (χ4n) is 4.12. The van der Waals surface area contributed by atoms with Gasteiger partial charge < -0.3 is 4.90 Å². The molecule has 0 radical (unpaired) electrons. The summed E-state index contributed by atoms with van der Waals surface area (Å²) in [7, 11) is -3.55. The van der Waals surface area contributed by atoms with Crippen LogP contribution in [0.5, 0.6) is 0 Å². The van der Waals surface area contributed by atoms with Crippen molar-refractivity contribution in [3.63, 3.8) is 0 Å². The number of amides is 1. The molecule has 0 atom stereocenters. The number of fused-ring (bicyclic) bond motifs is 1. The molecule has 0 spiro atoms. The lowest BCUT2D eigenvalue weighted by atomic mass is 10.1. The summed E-state index contributed by atoms with van der Waals surface area (Å²) in [5.41, 5.74) is 3.59. The molecule has 0 bridgehead atoms. The van der Waals surface area contributed by atoms with Gasteiger partial charge in [-0.25, -0.2) is 8.42 Å². The molecule has 0 unspecified atom stereocenters. The van der Waals surface area contributed by atoms with E-state index >= 15 is 0 Å². The molecule has 1 aliphatic rings. The van der Waals surface area contributed by atoms with Gasteiger partial charge in [-0.1, -0.05) is 43.7 Å². The topological polar surface area (TPSA) is 91.3 Å². The van der Waals surface area contributed by atoms with Gasteiger partial charge in [0.25, 0.3) is 0 Å². The molecule has 1 aromatic heterocycles. The molecule has 1 N–H and O–H groups in total. The maximum absolute atomic E-state index is 13.2. The van der Waals surface area contributed by atoms with Crippen molar-refractivity contribution in [3.05, 3.63) is 58.4 Å². The fraction of sp³-hybridized carbons (Fsp3) is 0.348. The van der Waals surface area contributed by atoms with Crippen molar-refractivity contribution < 1.29 is 13.2 Å². The predicted molar refractivity (Wildman–Crippen MR) is 130 cm³/mol. The Labute approximate surface area is 198 Å². The first kappa shape index (κ1) is 23.3. The number of carbonyl (C=O) groups excluding carboxylic acids is 1. The number of nitrogens with one attached hydrogen (secondary N) is 1. The lowest BCUT2D eigenvalue weighted by Crippen LogP contribution is -2.32. The SMILES string of the molecule is CCN(CC)S(=O)(=O)c1ccc2c(c1)CCN2C(=O)Cn1c(-c2ccc(C)cc2)n[nH]c1=S. The molecule has 0 saturated heterocycles. The third kappa shape index (κ3) is 4.38. The molecule has 174 valence electrons. The van der Waals surface area contributed by atoms with E-state index in [1.807, 2.05) is 45.0 Å². The quantitative estimate of drug-likeness (QED) is 0.517. The van der Waals surface area contributed by atoms with E-state index in [2.05, 4.69) is 10.2 Å². The van der Waals surface area contributed by atoms with Crippen LogP contribution >= 0.6 is 12.2 Å². The molecule has 0 fully saturated rings.